The Morgan fingerprint density at radius 3 is 2.57 bits per heavy atom. The normalized spacial score (nSPS) is 11.6. The number of benzene rings is 1. The van der Waals surface area contributed by atoms with Gasteiger partial charge in [-0.2, -0.15) is 23.3 Å². The minimum absolute atomic E-state index is 0.144. The van der Waals surface area contributed by atoms with Gasteiger partial charge in [0.1, 0.15) is 5.69 Å². The zero-order valence-corrected chi connectivity index (χ0v) is 16.7. The minimum atomic E-state index is -4.72. The highest BCUT2D eigenvalue weighted by Gasteiger charge is 2.40. The third-order valence-corrected chi connectivity index (χ3v) is 4.52. The van der Waals surface area contributed by atoms with Crippen molar-refractivity contribution in [2.24, 2.45) is 0 Å². The van der Waals surface area contributed by atoms with E-state index in [0.29, 0.717) is 15.9 Å². The van der Waals surface area contributed by atoms with Crippen LogP contribution in [0.2, 0.25) is 0 Å². The first-order valence-corrected chi connectivity index (χ1v) is 9.23. The van der Waals surface area contributed by atoms with E-state index < -0.39 is 17.8 Å². The number of carbonyl (C=O) groups is 1. The summed E-state index contributed by atoms with van der Waals surface area (Å²) in [4.78, 5) is 18.8. The molecule has 0 bridgehead atoms. The molecular weight excluding hydrogens is 469 g/mol. The van der Waals surface area contributed by atoms with Crippen molar-refractivity contribution < 1.29 is 22.5 Å². The Balaban J connectivity index is 1.64. The quantitative estimate of drug-likeness (QED) is 0.444. The number of alkyl halides is 3. The molecule has 0 spiro atoms. The monoisotopic (exact) mass is 480 g/mol. The largest absolute Gasteiger partial charge is 0.434 e. The highest BCUT2D eigenvalue weighted by atomic mass is 79.9. The van der Waals surface area contributed by atoms with E-state index in [2.05, 4.69) is 41.5 Å². The summed E-state index contributed by atoms with van der Waals surface area (Å²) in [6.07, 6.45) is -2.09. The lowest BCUT2D eigenvalue weighted by Gasteiger charge is -2.12. The molecule has 0 aliphatic heterocycles. The van der Waals surface area contributed by atoms with E-state index >= 15 is 0 Å². The maximum absolute atomic E-state index is 13.7. The Hall–Kier alpha value is -3.41. The average Bonchev–Trinajstić information content (AvgIpc) is 3.40. The third kappa shape index (κ3) is 3.85. The van der Waals surface area contributed by atoms with Gasteiger partial charge in [-0.1, -0.05) is 5.16 Å². The van der Waals surface area contributed by atoms with E-state index in [0.717, 1.165) is 10.9 Å². The second kappa shape index (κ2) is 7.44. The van der Waals surface area contributed by atoms with Crippen LogP contribution in [0.25, 0.3) is 17.1 Å². The first kappa shape index (κ1) is 19.9. The summed E-state index contributed by atoms with van der Waals surface area (Å²) in [6.45, 7) is 1.50. The molecule has 0 aliphatic rings. The highest BCUT2D eigenvalue weighted by Crippen LogP contribution is 2.38. The van der Waals surface area contributed by atoms with Gasteiger partial charge in [0.25, 0.3) is 11.8 Å². The van der Waals surface area contributed by atoms with Crippen molar-refractivity contribution in [3.05, 3.63) is 64.4 Å². The Bertz CT molecular complexity index is 1210. The van der Waals surface area contributed by atoms with E-state index in [-0.39, 0.29) is 23.0 Å². The van der Waals surface area contributed by atoms with Gasteiger partial charge in [-0.05, 0) is 53.2 Å². The van der Waals surface area contributed by atoms with Crippen molar-refractivity contribution in [2.45, 2.75) is 13.1 Å². The third-order valence-electron chi connectivity index (χ3n) is 4.06. The number of halogens is 4. The Labute approximate surface area is 175 Å². The number of nitrogens with one attached hydrogen (secondary N) is 2. The molecule has 1 aromatic carbocycles. The Kier molecular flexibility index (Phi) is 4.94. The predicted octanol–water partition coefficient (Wildman–Crippen LogP) is 4.59. The second-order valence-corrected chi connectivity index (χ2v) is 7.11. The molecule has 4 rings (SSSR count). The fourth-order valence-electron chi connectivity index (χ4n) is 2.76. The highest BCUT2D eigenvalue weighted by molar-refractivity contribution is 9.10. The SMILES string of the molecule is Cc1noc(-c2cnn(-c3ccc(NC(=O)c4cc(Br)c[nH]4)cc3)c2C(F)(F)F)n1. The van der Waals surface area contributed by atoms with Crippen molar-refractivity contribution >= 4 is 27.5 Å². The van der Waals surface area contributed by atoms with Crippen LogP contribution in [0.3, 0.4) is 0 Å². The second-order valence-electron chi connectivity index (χ2n) is 6.20. The van der Waals surface area contributed by atoms with Crippen LogP contribution in [-0.4, -0.2) is 30.8 Å². The number of hydrogen-bond donors (Lipinski definition) is 2. The molecule has 0 atom stereocenters. The Morgan fingerprint density at radius 1 is 1.27 bits per heavy atom. The Morgan fingerprint density at radius 2 is 2.00 bits per heavy atom. The van der Waals surface area contributed by atoms with Gasteiger partial charge in [0.15, 0.2) is 11.5 Å². The summed E-state index contributed by atoms with van der Waals surface area (Å²) in [7, 11) is 0. The van der Waals surface area contributed by atoms with Gasteiger partial charge < -0.3 is 14.8 Å². The van der Waals surface area contributed by atoms with Crippen LogP contribution in [0.5, 0.6) is 0 Å². The molecule has 2 N–H and O–H groups in total. The zero-order chi connectivity index (χ0) is 21.5. The maximum atomic E-state index is 13.7. The van der Waals surface area contributed by atoms with Crippen molar-refractivity contribution in [3.63, 3.8) is 0 Å². The van der Waals surface area contributed by atoms with Crippen LogP contribution in [0.1, 0.15) is 22.0 Å². The number of amides is 1. The maximum Gasteiger partial charge on any atom is 0.434 e. The number of anilines is 1. The molecular formula is C18H12BrF3N6O2. The summed E-state index contributed by atoms with van der Waals surface area (Å²) in [5.74, 6) is -0.454. The predicted molar refractivity (Wildman–Crippen MR) is 103 cm³/mol. The number of H-pyrrole nitrogens is 1. The molecule has 0 fully saturated rings. The fourth-order valence-corrected chi connectivity index (χ4v) is 3.11. The van der Waals surface area contributed by atoms with Gasteiger partial charge in [-0.15, -0.1) is 0 Å². The average molecular weight is 481 g/mol. The van der Waals surface area contributed by atoms with E-state index in [4.69, 9.17) is 4.52 Å². The van der Waals surface area contributed by atoms with Crippen LogP contribution in [-0.2, 0) is 6.18 Å². The van der Waals surface area contributed by atoms with Crippen LogP contribution >= 0.6 is 15.9 Å². The summed E-state index contributed by atoms with van der Waals surface area (Å²) in [5, 5.41) is 10.0. The van der Waals surface area contributed by atoms with E-state index in [1.807, 2.05) is 0 Å². The number of hydrogen-bond acceptors (Lipinski definition) is 5. The first-order chi connectivity index (χ1) is 14.2. The lowest BCUT2D eigenvalue weighted by atomic mass is 10.2. The molecule has 0 aliphatic carbocycles. The summed E-state index contributed by atoms with van der Waals surface area (Å²) < 4.78 is 47.6. The minimum Gasteiger partial charge on any atom is -0.356 e. The molecule has 0 saturated heterocycles. The van der Waals surface area contributed by atoms with Gasteiger partial charge in [0, 0.05) is 16.4 Å². The van der Waals surface area contributed by atoms with Crippen LogP contribution in [0.4, 0.5) is 18.9 Å². The van der Waals surface area contributed by atoms with Gasteiger partial charge in [0.05, 0.1) is 17.4 Å². The van der Waals surface area contributed by atoms with Gasteiger partial charge >= 0.3 is 6.18 Å². The van der Waals surface area contributed by atoms with Gasteiger partial charge in [0.2, 0.25) is 0 Å². The number of nitrogens with zero attached hydrogens (tertiary/aromatic N) is 4. The molecule has 1 amide bonds. The molecule has 0 saturated carbocycles. The van der Waals surface area contributed by atoms with Crippen molar-refractivity contribution in [1.29, 1.82) is 0 Å². The van der Waals surface area contributed by atoms with E-state index in [1.54, 1.807) is 12.3 Å². The van der Waals surface area contributed by atoms with Gasteiger partial charge in [-0.25, -0.2) is 4.68 Å². The summed E-state index contributed by atoms with van der Waals surface area (Å²) in [5.41, 5.74) is -0.484. The molecule has 154 valence electrons. The molecule has 3 heterocycles. The van der Waals surface area contributed by atoms with Crippen molar-refractivity contribution in [3.8, 4) is 17.1 Å². The summed E-state index contributed by atoms with van der Waals surface area (Å²) >= 11 is 3.24. The topological polar surface area (TPSA) is 102 Å². The van der Waals surface area contributed by atoms with Crippen LogP contribution < -0.4 is 5.32 Å². The number of aromatic amines is 1. The number of aryl methyl sites for hydroxylation is 1. The fraction of sp³-hybridized carbons (Fsp3) is 0.111. The molecule has 8 nitrogen and oxygen atoms in total. The molecule has 0 unspecified atom stereocenters. The van der Waals surface area contributed by atoms with Crippen molar-refractivity contribution in [2.75, 3.05) is 5.32 Å². The standard InChI is InChI=1S/C18H12BrF3N6O2/c1-9-25-17(30-27-9)13-8-24-28(15(13)18(20,21)22)12-4-2-11(3-5-12)26-16(29)14-6-10(19)7-23-14/h2-8,23H,1H3,(H,26,29). The zero-order valence-electron chi connectivity index (χ0n) is 15.2. The molecule has 0 radical (unpaired) electrons. The number of rotatable bonds is 4. The summed E-state index contributed by atoms with van der Waals surface area (Å²) in [6, 6.07) is 7.37. The number of carbonyl (C=O) groups excluding carboxylic acids is 1. The van der Waals surface area contributed by atoms with Gasteiger partial charge in [-0.3, -0.25) is 4.79 Å². The number of aromatic nitrogens is 5. The first-order valence-electron chi connectivity index (χ1n) is 8.44. The van der Waals surface area contributed by atoms with Crippen LogP contribution in [0, 0.1) is 6.92 Å². The molecule has 3 aromatic heterocycles. The van der Waals surface area contributed by atoms with E-state index in [1.165, 1.54) is 31.2 Å². The molecule has 4 aromatic rings. The smallest absolute Gasteiger partial charge is 0.356 e. The lowest BCUT2D eigenvalue weighted by Crippen LogP contribution is -2.15. The van der Waals surface area contributed by atoms with Crippen LogP contribution in [0.15, 0.2) is 51.7 Å². The molecule has 30 heavy (non-hydrogen) atoms. The lowest BCUT2D eigenvalue weighted by molar-refractivity contribution is -0.142. The molecule has 12 heteroatoms. The van der Waals surface area contributed by atoms with Crippen molar-refractivity contribution in [1.82, 2.24) is 24.9 Å². The van der Waals surface area contributed by atoms with E-state index in [9.17, 15) is 18.0 Å².